The highest BCUT2D eigenvalue weighted by molar-refractivity contribution is 5.96. The zero-order valence-corrected chi connectivity index (χ0v) is 9.59. The number of carbonyl (C=O) groups excluding carboxylic acids is 1. The van der Waals surface area contributed by atoms with Gasteiger partial charge in [0.05, 0.1) is 5.56 Å². The SMILES string of the molecule is CC(=O)c1cnccc1OCc1ccccc1. The molecule has 0 aliphatic heterocycles. The molecule has 2 aromatic rings. The minimum absolute atomic E-state index is 0.0406. The quantitative estimate of drug-likeness (QED) is 0.754. The lowest BCUT2D eigenvalue weighted by atomic mass is 10.2. The van der Waals surface area contributed by atoms with Crippen LogP contribution in [0.5, 0.6) is 5.75 Å². The molecule has 0 aliphatic rings. The Labute approximate surface area is 100 Å². The van der Waals surface area contributed by atoms with Crippen LogP contribution in [0.15, 0.2) is 48.8 Å². The predicted molar refractivity (Wildman–Crippen MR) is 65.0 cm³/mol. The molecular weight excluding hydrogens is 214 g/mol. The second-order valence-electron chi connectivity index (χ2n) is 3.70. The summed E-state index contributed by atoms with van der Waals surface area (Å²) in [4.78, 5) is 15.3. The van der Waals surface area contributed by atoms with E-state index < -0.39 is 0 Å². The van der Waals surface area contributed by atoms with Crippen LogP contribution in [0.1, 0.15) is 22.8 Å². The summed E-state index contributed by atoms with van der Waals surface area (Å²) in [5.41, 5.74) is 1.59. The first-order valence-corrected chi connectivity index (χ1v) is 5.39. The van der Waals surface area contributed by atoms with Crippen LogP contribution in [0.2, 0.25) is 0 Å². The van der Waals surface area contributed by atoms with E-state index in [1.807, 2.05) is 30.3 Å². The van der Waals surface area contributed by atoms with E-state index in [0.29, 0.717) is 17.9 Å². The van der Waals surface area contributed by atoms with Crippen molar-refractivity contribution in [2.24, 2.45) is 0 Å². The maximum absolute atomic E-state index is 11.4. The standard InChI is InChI=1S/C14H13NO2/c1-11(16)13-9-15-8-7-14(13)17-10-12-5-3-2-4-6-12/h2-9H,10H2,1H3. The molecule has 0 N–H and O–H groups in total. The molecule has 3 nitrogen and oxygen atoms in total. The Kier molecular flexibility index (Phi) is 3.50. The monoisotopic (exact) mass is 227 g/mol. The lowest BCUT2D eigenvalue weighted by Crippen LogP contribution is -2.02. The first-order chi connectivity index (χ1) is 8.27. The minimum atomic E-state index is -0.0406. The van der Waals surface area contributed by atoms with E-state index in [2.05, 4.69) is 4.98 Å². The number of hydrogen-bond acceptors (Lipinski definition) is 3. The van der Waals surface area contributed by atoms with Crippen LogP contribution in [0, 0.1) is 0 Å². The van der Waals surface area contributed by atoms with Gasteiger partial charge in [0.2, 0.25) is 0 Å². The van der Waals surface area contributed by atoms with Crippen molar-refractivity contribution in [3.8, 4) is 5.75 Å². The molecule has 0 radical (unpaired) electrons. The Bertz CT molecular complexity index is 509. The zero-order chi connectivity index (χ0) is 12.1. The number of rotatable bonds is 4. The Morgan fingerprint density at radius 1 is 1.24 bits per heavy atom. The summed E-state index contributed by atoms with van der Waals surface area (Å²) >= 11 is 0. The van der Waals surface area contributed by atoms with Gasteiger partial charge < -0.3 is 4.74 Å². The summed E-state index contributed by atoms with van der Waals surface area (Å²) in [6.45, 7) is 1.96. The number of aromatic nitrogens is 1. The highest BCUT2D eigenvalue weighted by atomic mass is 16.5. The Morgan fingerprint density at radius 3 is 2.71 bits per heavy atom. The zero-order valence-electron chi connectivity index (χ0n) is 9.59. The fourth-order valence-corrected chi connectivity index (χ4v) is 1.51. The van der Waals surface area contributed by atoms with Gasteiger partial charge in [-0.1, -0.05) is 30.3 Å². The molecule has 0 saturated heterocycles. The Balaban J connectivity index is 2.12. The average molecular weight is 227 g/mol. The van der Waals surface area contributed by atoms with Crippen molar-refractivity contribution >= 4 is 5.78 Å². The summed E-state index contributed by atoms with van der Waals surface area (Å²) in [6, 6.07) is 11.5. The molecule has 86 valence electrons. The number of Topliss-reactive ketones (excluding diaryl/α,β-unsaturated/α-hetero) is 1. The minimum Gasteiger partial charge on any atom is -0.488 e. The van der Waals surface area contributed by atoms with Gasteiger partial charge in [0.1, 0.15) is 12.4 Å². The van der Waals surface area contributed by atoms with Gasteiger partial charge in [0.15, 0.2) is 5.78 Å². The molecule has 0 fully saturated rings. The third-order valence-electron chi connectivity index (χ3n) is 2.40. The van der Waals surface area contributed by atoms with Crippen LogP contribution in [0.3, 0.4) is 0 Å². The van der Waals surface area contributed by atoms with Gasteiger partial charge >= 0.3 is 0 Å². The van der Waals surface area contributed by atoms with Gasteiger partial charge in [0, 0.05) is 12.4 Å². The summed E-state index contributed by atoms with van der Waals surface area (Å²) < 4.78 is 5.62. The molecule has 0 atom stereocenters. The highest BCUT2D eigenvalue weighted by Crippen LogP contribution is 2.18. The van der Waals surface area contributed by atoms with Crippen molar-refractivity contribution in [1.82, 2.24) is 4.98 Å². The largest absolute Gasteiger partial charge is 0.488 e. The molecule has 1 heterocycles. The molecule has 3 heteroatoms. The molecule has 17 heavy (non-hydrogen) atoms. The summed E-state index contributed by atoms with van der Waals surface area (Å²) in [5, 5.41) is 0. The van der Waals surface area contributed by atoms with Gasteiger partial charge in [-0.15, -0.1) is 0 Å². The first kappa shape index (κ1) is 11.3. The third kappa shape index (κ3) is 2.91. The number of carbonyl (C=O) groups is 1. The maximum atomic E-state index is 11.4. The molecule has 2 rings (SSSR count). The van der Waals surface area contributed by atoms with Crippen LogP contribution < -0.4 is 4.74 Å². The Hall–Kier alpha value is -2.16. The van der Waals surface area contributed by atoms with Crippen LogP contribution in [0.4, 0.5) is 0 Å². The lowest BCUT2D eigenvalue weighted by molar-refractivity contribution is 0.101. The highest BCUT2D eigenvalue weighted by Gasteiger charge is 2.07. The van der Waals surface area contributed by atoms with E-state index in [1.54, 1.807) is 12.3 Å². The van der Waals surface area contributed by atoms with E-state index in [4.69, 9.17) is 4.74 Å². The molecular formula is C14H13NO2. The van der Waals surface area contributed by atoms with Crippen molar-refractivity contribution in [2.45, 2.75) is 13.5 Å². The maximum Gasteiger partial charge on any atom is 0.165 e. The molecule has 0 spiro atoms. The molecule has 0 aliphatic carbocycles. The van der Waals surface area contributed by atoms with Crippen LogP contribution in [-0.2, 0) is 6.61 Å². The van der Waals surface area contributed by atoms with Gasteiger partial charge in [0.25, 0.3) is 0 Å². The van der Waals surface area contributed by atoms with Crippen molar-refractivity contribution < 1.29 is 9.53 Å². The average Bonchev–Trinajstić information content (AvgIpc) is 2.38. The fourth-order valence-electron chi connectivity index (χ4n) is 1.51. The number of ketones is 1. The second kappa shape index (κ2) is 5.25. The number of pyridine rings is 1. The molecule has 0 amide bonds. The molecule has 0 bridgehead atoms. The van der Waals surface area contributed by atoms with Crippen molar-refractivity contribution in [2.75, 3.05) is 0 Å². The summed E-state index contributed by atoms with van der Waals surface area (Å²) in [5.74, 6) is 0.539. The summed E-state index contributed by atoms with van der Waals surface area (Å²) in [7, 11) is 0. The van der Waals surface area contributed by atoms with Crippen LogP contribution in [-0.4, -0.2) is 10.8 Å². The summed E-state index contributed by atoms with van der Waals surface area (Å²) in [6.07, 6.45) is 3.15. The van der Waals surface area contributed by atoms with Crippen molar-refractivity contribution in [3.63, 3.8) is 0 Å². The number of hydrogen-bond donors (Lipinski definition) is 0. The van der Waals surface area contributed by atoms with Crippen LogP contribution in [0.25, 0.3) is 0 Å². The number of ether oxygens (including phenoxy) is 1. The van der Waals surface area contributed by atoms with E-state index in [-0.39, 0.29) is 5.78 Å². The van der Waals surface area contributed by atoms with E-state index in [9.17, 15) is 4.79 Å². The van der Waals surface area contributed by atoms with E-state index in [1.165, 1.54) is 13.1 Å². The Morgan fingerprint density at radius 2 is 2.00 bits per heavy atom. The van der Waals surface area contributed by atoms with Crippen molar-refractivity contribution in [1.29, 1.82) is 0 Å². The normalized spacial score (nSPS) is 9.94. The number of nitrogens with zero attached hydrogens (tertiary/aromatic N) is 1. The van der Waals surface area contributed by atoms with Gasteiger partial charge in [-0.05, 0) is 18.6 Å². The van der Waals surface area contributed by atoms with Crippen molar-refractivity contribution in [3.05, 3.63) is 59.9 Å². The fraction of sp³-hybridized carbons (Fsp3) is 0.143. The molecule has 0 unspecified atom stereocenters. The topological polar surface area (TPSA) is 39.2 Å². The lowest BCUT2D eigenvalue weighted by Gasteiger charge is -2.08. The van der Waals surface area contributed by atoms with Gasteiger partial charge in [-0.2, -0.15) is 0 Å². The molecule has 1 aromatic carbocycles. The van der Waals surface area contributed by atoms with E-state index >= 15 is 0 Å². The predicted octanol–water partition coefficient (Wildman–Crippen LogP) is 2.86. The third-order valence-corrected chi connectivity index (χ3v) is 2.40. The smallest absolute Gasteiger partial charge is 0.165 e. The first-order valence-electron chi connectivity index (χ1n) is 5.39. The molecule has 0 saturated carbocycles. The molecule has 1 aromatic heterocycles. The number of benzene rings is 1. The van der Waals surface area contributed by atoms with Gasteiger partial charge in [-0.3, -0.25) is 9.78 Å². The van der Waals surface area contributed by atoms with Crippen LogP contribution >= 0.6 is 0 Å². The van der Waals surface area contributed by atoms with E-state index in [0.717, 1.165) is 5.56 Å². The second-order valence-corrected chi connectivity index (χ2v) is 3.70. The van der Waals surface area contributed by atoms with Gasteiger partial charge in [-0.25, -0.2) is 0 Å².